The van der Waals surface area contributed by atoms with E-state index in [1.165, 1.54) is 0 Å². The van der Waals surface area contributed by atoms with Crippen LogP contribution in [0.2, 0.25) is 0 Å². The van der Waals surface area contributed by atoms with Gasteiger partial charge in [0.05, 0.1) is 12.1 Å². The second kappa shape index (κ2) is 14.1. The first-order valence-corrected chi connectivity index (χ1v) is 15.5. The van der Waals surface area contributed by atoms with Gasteiger partial charge in [0.25, 0.3) is 0 Å². The summed E-state index contributed by atoms with van der Waals surface area (Å²) in [7, 11) is 0. The average molecular weight is 645 g/mol. The van der Waals surface area contributed by atoms with Crippen molar-refractivity contribution in [3.05, 3.63) is 95.6 Å². The van der Waals surface area contributed by atoms with Gasteiger partial charge in [-0.05, 0) is 105 Å². The zero-order valence-corrected chi connectivity index (χ0v) is 28.0. The monoisotopic (exact) mass is 644 g/mol. The van der Waals surface area contributed by atoms with Crippen LogP contribution >= 0.6 is 0 Å². The zero-order valence-electron chi connectivity index (χ0n) is 27.0. The maximum Gasteiger partial charge on any atom is 2.00 e. The van der Waals surface area contributed by atoms with Gasteiger partial charge in [0, 0.05) is 37.2 Å². The molecule has 1 aliphatic carbocycles. The van der Waals surface area contributed by atoms with Gasteiger partial charge in [0.2, 0.25) is 0 Å². The van der Waals surface area contributed by atoms with Crippen molar-refractivity contribution in [1.29, 1.82) is 0 Å². The maximum absolute atomic E-state index is 13.6. The summed E-state index contributed by atoms with van der Waals surface area (Å²) in [5.74, 6) is 0.0158. The number of hydrogen-bond acceptors (Lipinski definition) is 6. The summed E-state index contributed by atoms with van der Waals surface area (Å²) in [5, 5.41) is 27.2. The largest absolute Gasteiger partial charge is 2.00 e. The van der Waals surface area contributed by atoms with E-state index < -0.39 is 0 Å². The van der Waals surface area contributed by atoms with Gasteiger partial charge in [-0.2, -0.15) is 0 Å². The third-order valence-corrected chi connectivity index (χ3v) is 8.38. The molecule has 2 atom stereocenters. The summed E-state index contributed by atoms with van der Waals surface area (Å²) in [4.78, 5) is 18.2. The van der Waals surface area contributed by atoms with Crippen molar-refractivity contribution in [3.8, 4) is 33.8 Å². The number of pyridine rings is 2. The maximum atomic E-state index is 13.6. The number of hydrogen-bond donors (Lipinski definition) is 0. The molecule has 1 saturated carbocycles. The Bertz CT molecular complexity index is 1530. The summed E-state index contributed by atoms with van der Waals surface area (Å²) >= 11 is 0. The Morgan fingerprint density at radius 2 is 0.956 bits per heavy atom. The Labute approximate surface area is 277 Å². The van der Waals surface area contributed by atoms with Crippen LogP contribution in [0.3, 0.4) is 0 Å². The van der Waals surface area contributed by atoms with Crippen molar-refractivity contribution in [2.75, 3.05) is 0 Å². The summed E-state index contributed by atoms with van der Waals surface area (Å²) in [5.41, 5.74) is 6.04. The van der Waals surface area contributed by atoms with Crippen LogP contribution < -0.4 is 10.2 Å². The minimum Gasteiger partial charge on any atom is -0.872 e. The molecule has 0 aliphatic heterocycles. The molecule has 0 bridgehead atoms. The van der Waals surface area contributed by atoms with E-state index in [-0.39, 0.29) is 50.9 Å². The minimum absolute atomic E-state index is 0. The number of aromatic nitrogens is 2. The molecule has 0 N–H and O–H groups in total. The smallest absolute Gasteiger partial charge is 0.872 e. The summed E-state index contributed by atoms with van der Waals surface area (Å²) < 4.78 is 0. The molecule has 7 heteroatoms. The first kappa shape index (κ1) is 34.1. The molecule has 2 heterocycles. The van der Waals surface area contributed by atoms with E-state index in [0.717, 1.165) is 59.1 Å². The fraction of sp³-hybridized carbons (Fsp3) is 0.368. The molecule has 4 aromatic rings. The van der Waals surface area contributed by atoms with Crippen molar-refractivity contribution in [2.45, 2.75) is 90.1 Å². The number of aliphatic imine (C=N–C) groups is 2. The number of rotatable bonds is 6. The Morgan fingerprint density at radius 3 is 1.29 bits per heavy atom. The van der Waals surface area contributed by atoms with E-state index in [9.17, 15) is 10.2 Å². The fourth-order valence-electron chi connectivity index (χ4n) is 5.82. The van der Waals surface area contributed by atoms with E-state index in [4.69, 9.17) is 9.98 Å². The summed E-state index contributed by atoms with van der Waals surface area (Å²) in [6, 6.07) is 15.5. The van der Waals surface area contributed by atoms with Crippen LogP contribution in [0.1, 0.15) is 89.5 Å². The normalized spacial score (nSPS) is 17.5. The Kier molecular flexibility index (Phi) is 10.7. The predicted molar refractivity (Wildman–Crippen MR) is 177 cm³/mol. The molecule has 6 nitrogen and oxygen atoms in total. The molecule has 5 rings (SSSR count). The van der Waals surface area contributed by atoms with Gasteiger partial charge in [-0.25, -0.2) is 0 Å². The van der Waals surface area contributed by atoms with Crippen molar-refractivity contribution in [1.82, 2.24) is 9.97 Å². The van der Waals surface area contributed by atoms with Crippen LogP contribution in [0.4, 0.5) is 0 Å². The van der Waals surface area contributed by atoms with Crippen molar-refractivity contribution >= 4 is 12.4 Å². The molecule has 0 radical (unpaired) electrons. The van der Waals surface area contributed by atoms with Crippen LogP contribution in [0.5, 0.6) is 11.5 Å². The second-order valence-corrected chi connectivity index (χ2v) is 13.8. The molecule has 0 spiro atoms. The van der Waals surface area contributed by atoms with Gasteiger partial charge in [0.15, 0.2) is 0 Å². The van der Waals surface area contributed by atoms with Gasteiger partial charge >= 0.3 is 16.5 Å². The van der Waals surface area contributed by atoms with Crippen LogP contribution in [0.25, 0.3) is 22.3 Å². The van der Waals surface area contributed by atoms with Crippen molar-refractivity contribution in [2.24, 2.45) is 9.98 Å². The number of benzene rings is 2. The van der Waals surface area contributed by atoms with E-state index in [0.29, 0.717) is 11.1 Å². The number of nitrogens with zero attached hydrogens (tertiary/aromatic N) is 4. The van der Waals surface area contributed by atoms with Gasteiger partial charge in [0.1, 0.15) is 0 Å². The molecular weight excluding hydrogens is 603 g/mol. The van der Waals surface area contributed by atoms with Crippen LogP contribution in [0.15, 0.2) is 83.3 Å². The van der Waals surface area contributed by atoms with Crippen LogP contribution in [-0.2, 0) is 27.3 Å². The van der Waals surface area contributed by atoms with Gasteiger partial charge in [-0.15, -0.1) is 0 Å². The third kappa shape index (κ3) is 8.07. The molecule has 2 aromatic heterocycles. The molecule has 0 unspecified atom stereocenters. The van der Waals surface area contributed by atoms with E-state index in [2.05, 4.69) is 51.5 Å². The molecular formula is C38H42N4NiO2. The van der Waals surface area contributed by atoms with Gasteiger partial charge in [-0.1, -0.05) is 78.0 Å². The minimum atomic E-state index is -0.312. The first-order valence-electron chi connectivity index (χ1n) is 15.5. The first-order chi connectivity index (χ1) is 20.9. The standard InChI is InChI=1S/C38H44N4O2.Ni/c1-37(2,3)31-21-27(25-11-15-39-16-12-25)19-29(35(31)43)23-41-33-9-7-8-10-34(33)42-24-30-20-28(26-13-17-40-18-14-26)22-32(36(30)44)38(4,5)6;/h11-24,33-34,43-44H,7-10H2,1-6H3;/q;+2/p-2/t33-,34-;/m0./s1. The molecule has 0 saturated heterocycles. The summed E-state index contributed by atoms with van der Waals surface area (Å²) in [6.45, 7) is 12.4. The zero-order chi connectivity index (χ0) is 31.5. The Morgan fingerprint density at radius 1 is 0.600 bits per heavy atom. The second-order valence-electron chi connectivity index (χ2n) is 13.8. The van der Waals surface area contributed by atoms with Crippen LogP contribution in [-0.4, -0.2) is 34.5 Å². The van der Waals surface area contributed by atoms with E-state index in [1.54, 1.807) is 37.2 Å². The van der Waals surface area contributed by atoms with Crippen molar-refractivity contribution < 1.29 is 26.7 Å². The van der Waals surface area contributed by atoms with Gasteiger partial charge < -0.3 is 10.2 Å². The van der Waals surface area contributed by atoms with Crippen LogP contribution in [0, 0.1) is 0 Å². The molecule has 2 aromatic carbocycles. The topological polar surface area (TPSA) is 96.6 Å². The molecule has 1 fully saturated rings. The van der Waals surface area contributed by atoms with Crippen molar-refractivity contribution in [3.63, 3.8) is 0 Å². The molecule has 236 valence electrons. The third-order valence-electron chi connectivity index (χ3n) is 8.38. The quantitative estimate of drug-likeness (QED) is 0.161. The molecule has 0 amide bonds. The predicted octanol–water partition coefficient (Wildman–Crippen LogP) is 7.40. The molecule has 45 heavy (non-hydrogen) atoms. The Hall–Kier alpha value is -3.83. The Balaban J connectivity index is 0.00000461. The molecule has 1 aliphatic rings. The summed E-state index contributed by atoms with van der Waals surface area (Å²) in [6.07, 6.45) is 14.4. The van der Waals surface area contributed by atoms with E-state index >= 15 is 0 Å². The van der Waals surface area contributed by atoms with E-state index in [1.807, 2.05) is 48.5 Å². The van der Waals surface area contributed by atoms with Gasteiger partial charge in [-0.3, -0.25) is 20.0 Å². The SMILES string of the molecule is CC(C)(C)c1cc(-c2ccncc2)cc(C=N[C@H]2CCCC[C@@H]2N=Cc2cc(-c3ccncc3)cc(C(C)(C)C)c2[O-])c1[O-].[Ni+2]. The average Bonchev–Trinajstić information content (AvgIpc) is 3.00. The fourth-order valence-corrected chi connectivity index (χ4v) is 5.82.